The summed E-state index contributed by atoms with van der Waals surface area (Å²) in [6, 6.07) is 4.49. The summed E-state index contributed by atoms with van der Waals surface area (Å²) in [5.74, 6) is -1.17. The van der Waals surface area contributed by atoms with Crippen LogP contribution in [0.25, 0.3) is 0 Å². The first kappa shape index (κ1) is 23.4. The standard InChI is InChI=1S/C19H22F5N3O.ClH/c1-25-10-15-9-17(28-11-13-8-14(20)4-5-16(13)21)27(26-15)12-18(19(22,23)24)6-2-3-7-18;/h4-5,8-9,25H,2-3,6-7,10-12H2,1H3;1H. The third kappa shape index (κ3) is 5.19. The molecule has 2 aromatic rings. The molecule has 10 heteroatoms. The van der Waals surface area contributed by atoms with Gasteiger partial charge in [-0.05, 0) is 38.1 Å². The van der Waals surface area contributed by atoms with Crippen LogP contribution >= 0.6 is 12.4 Å². The fourth-order valence-corrected chi connectivity index (χ4v) is 3.62. The maximum Gasteiger partial charge on any atom is 0.396 e. The van der Waals surface area contributed by atoms with Crippen molar-refractivity contribution in [2.75, 3.05) is 7.05 Å². The molecule has 1 fully saturated rings. The van der Waals surface area contributed by atoms with Gasteiger partial charge in [0.15, 0.2) is 0 Å². The zero-order valence-corrected chi connectivity index (χ0v) is 16.7. The van der Waals surface area contributed by atoms with E-state index in [0.29, 0.717) is 25.1 Å². The smallest absolute Gasteiger partial charge is 0.396 e. The number of hydrogen-bond donors (Lipinski definition) is 1. The Hall–Kier alpha value is -1.87. The summed E-state index contributed by atoms with van der Waals surface area (Å²) in [7, 11) is 1.69. The maximum absolute atomic E-state index is 13.8. The number of benzene rings is 1. The summed E-state index contributed by atoms with van der Waals surface area (Å²) >= 11 is 0. The number of nitrogens with zero attached hydrogens (tertiary/aromatic N) is 2. The van der Waals surface area contributed by atoms with Crippen LogP contribution in [0, 0.1) is 17.0 Å². The molecule has 0 atom stereocenters. The number of aromatic nitrogens is 2. The lowest BCUT2D eigenvalue weighted by molar-refractivity contribution is -0.228. The number of rotatable bonds is 7. The highest BCUT2D eigenvalue weighted by Crippen LogP contribution is 2.51. The summed E-state index contributed by atoms with van der Waals surface area (Å²) in [5.41, 5.74) is -1.36. The first-order valence-electron chi connectivity index (χ1n) is 9.09. The van der Waals surface area contributed by atoms with Crippen molar-refractivity contribution in [3.8, 4) is 5.88 Å². The van der Waals surface area contributed by atoms with Crippen molar-refractivity contribution < 1.29 is 26.7 Å². The average molecular weight is 440 g/mol. The summed E-state index contributed by atoms with van der Waals surface area (Å²) in [6.07, 6.45) is -3.26. The molecule has 29 heavy (non-hydrogen) atoms. The zero-order valence-electron chi connectivity index (χ0n) is 15.9. The topological polar surface area (TPSA) is 39.1 Å². The molecule has 1 saturated carbocycles. The SMILES string of the molecule is CNCc1cc(OCc2cc(F)ccc2F)n(CC2(C(F)(F)F)CCCC2)n1.Cl. The molecule has 3 rings (SSSR count). The first-order chi connectivity index (χ1) is 13.2. The molecule has 0 amide bonds. The normalized spacial score (nSPS) is 15.9. The highest BCUT2D eigenvalue weighted by Gasteiger charge is 2.56. The molecule has 1 heterocycles. The van der Waals surface area contributed by atoms with Crippen molar-refractivity contribution in [3.63, 3.8) is 0 Å². The quantitative estimate of drug-likeness (QED) is 0.617. The van der Waals surface area contributed by atoms with Crippen molar-refractivity contribution in [2.24, 2.45) is 5.41 Å². The van der Waals surface area contributed by atoms with Gasteiger partial charge < -0.3 is 10.1 Å². The van der Waals surface area contributed by atoms with E-state index in [-0.39, 0.29) is 49.8 Å². The second-order valence-electron chi connectivity index (χ2n) is 7.17. The van der Waals surface area contributed by atoms with Crippen molar-refractivity contribution in [1.29, 1.82) is 0 Å². The lowest BCUT2D eigenvalue weighted by Crippen LogP contribution is -2.39. The molecule has 0 aliphatic heterocycles. The number of alkyl halides is 3. The molecular formula is C19H23ClF5N3O. The third-order valence-electron chi connectivity index (χ3n) is 5.15. The largest absolute Gasteiger partial charge is 0.473 e. The van der Waals surface area contributed by atoms with Gasteiger partial charge >= 0.3 is 6.18 Å². The fourth-order valence-electron chi connectivity index (χ4n) is 3.62. The Morgan fingerprint density at radius 3 is 2.48 bits per heavy atom. The Kier molecular flexibility index (Phi) is 7.50. The van der Waals surface area contributed by atoms with Gasteiger partial charge in [-0.25, -0.2) is 13.5 Å². The average Bonchev–Trinajstić information content (AvgIpc) is 3.24. The van der Waals surface area contributed by atoms with Crippen molar-refractivity contribution in [3.05, 3.63) is 47.2 Å². The van der Waals surface area contributed by atoms with E-state index in [1.54, 1.807) is 7.05 Å². The number of nitrogens with one attached hydrogen (secondary N) is 1. The Morgan fingerprint density at radius 2 is 1.86 bits per heavy atom. The molecule has 1 aromatic heterocycles. The molecule has 0 spiro atoms. The van der Waals surface area contributed by atoms with Crippen molar-refractivity contribution >= 4 is 12.4 Å². The highest BCUT2D eigenvalue weighted by molar-refractivity contribution is 5.85. The second kappa shape index (κ2) is 9.30. The van der Waals surface area contributed by atoms with Crippen LogP contribution in [0.15, 0.2) is 24.3 Å². The van der Waals surface area contributed by atoms with Crippen LogP contribution in [0.4, 0.5) is 22.0 Å². The molecule has 1 aromatic carbocycles. The number of hydrogen-bond acceptors (Lipinski definition) is 3. The molecule has 162 valence electrons. The fraction of sp³-hybridized carbons (Fsp3) is 0.526. The molecule has 1 aliphatic rings. The maximum atomic E-state index is 13.8. The predicted molar refractivity (Wildman–Crippen MR) is 99.9 cm³/mol. The molecule has 1 N–H and O–H groups in total. The van der Waals surface area contributed by atoms with Gasteiger partial charge in [0.25, 0.3) is 0 Å². The molecule has 0 bridgehead atoms. The molecule has 0 radical (unpaired) electrons. The van der Waals surface area contributed by atoms with E-state index in [1.165, 1.54) is 10.7 Å². The number of ether oxygens (including phenoxy) is 1. The lowest BCUT2D eigenvalue weighted by Gasteiger charge is -2.31. The van der Waals surface area contributed by atoms with Crippen LogP contribution in [-0.4, -0.2) is 23.0 Å². The lowest BCUT2D eigenvalue weighted by atomic mass is 9.85. The van der Waals surface area contributed by atoms with Gasteiger partial charge in [0.05, 0.1) is 17.7 Å². The zero-order chi connectivity index (χ0) is 20.4. The Balaban J connectivity index is 0.00000300. The Bertz CT molecular complexity index is 819. The van der Waals surface area contributed by atoms with Crippen LogP contribution in [0.1, 0.15) is 36.9 Å². The minimum Gasteiger partial charge on any atom is -0.473 e. The van der Waals surface area contributed by atoms with Gasteiger partial charge in [-0.1, -0.05) is 12.8 Å². The van der Waals surface area contributed by atoms with E-state index in [1.807, 2.05) is 0 Å². The summed E-state index contributed by atoms with van der Waals surface area (Å²) in [6.45, 7) is -0.328. The third-order valence-corrected chi connectivity index (χ3v) is 5.15. The molecule has 4 nitrogen and oxygen atoms in total. The van der Waals surface area contributed by atoms with Gasteiger partial charge in [0.2, 0.25) is 5.88 Å². The van der Waals surface area contributed by atoms with Crippen LogP contribution < -0.4 is 10.1 Å². The predicted octanol–water partition coefficient (Wildman–Crippen LogP) is 5.00. The highest BCUT2D eigenvalue weighted by atomic mass is 35.5. The van der Waals surface area contributed by atoms with Gasteiger partial charge in [-0.2, -0.15) is 18.3 Å². The van der Waals surface area contributed by atoms with Crippen LogP contribution in [0.3, 0.4) is 0 Å². The van der Waals surface area contributed by atoms with E-state index < -0.39 is 23.2 Å². The Labute approximate surface area is 171 Å². The molecule has 0 unspecified atom stereocenters. The van der Waals surface area contributed by atoms with Crippen LogP contribution in [0.5, 0.6) is 5.88 Å². The van der Waals surface area contributed by atoms with Crippen LogP contribution in [0.2, 0.25) is 0 Å². The van der Waals surface area contributed by atoms with E-state index in [4.69, 9.17) is 4.74 Å². The first-order valence-corrected chi connectivity index (χ1v) is 9.09. The summed E-state index contributed by atoms with van der Waals surface area (Å²) in [4.78, 5) is 0. The minimum atomic E-state index is -4.36. The molecule has 0 saturated heterocycles. The van der Waals surface area contributed by atoms with E-state index >= 15 is 0 Å². The monoisotopic (exact) mass is 439 g/mol. The molecular weight excluding hydrogens is 417 g/mol. The second-order valence-corrected chi connectivity index (χ2v) is 7.17. The van der Waals surface area contributed by atoms with Gasteiger partial charge in [0.1, 0.15) is 18.2 Å². The van der Waals surface area contributed by atoms with E-state index in [2.05, 4.69) is 10.4 Å². The molecule has 1 aliphatic carbocycles. The van der Waals surface area contributed by atoms with Crippen LogP contribution in [-0.2, 0) is 19.7 Å². The van der Waals surface area contributed by atoms with Gasteiger partial charge in [-0.3, -0.25) is 0 Å². The number of halogens is 6. The van der Waals surface area contributed by atoms with Gasteiger partial charge in [-0.15, -0.1) is 12.4 Å². The summed E-state index contributed by atoms with van der Waals surface area (Å²) in [5, 5.41) is 7.12. The van der Waals surface area contributed by atoms with Crippen molar-refractivity contribution in [2.45, 2.75) is 51.6 Å². The van der Waals surface area contributed by atoms with E-state index in [9.17, 15) is 22.0 Å². The summed E-state index contributed by atoms with van der Waals surface area (Å²) < 4.78 is 75.2. The Morgan fingerprint density at radius 1 is 1.17 bits per heavy atom. The van der Waals surface area contributed by atoms with Crippen molar-refractivity contribution in [1.82, 2.24) is 15.1 Å². The van der Waals surface area contributed by atoms with E-state index in [0.717, 1.165) is 18.2 Å². The van der Waals surface area contributed by atoms with Gasteiger partial charge in [0, 0.05) is 18.2 Å². The minimum absolute atomic E-state index is 0.